The molecule has 0 aromatic heterocycles. The van der Waals surface area contributed by atoms with E-state index in [2.05, 4.69) is 29.4 Å². The minimum absolute atomic E-state index is 0.0563. The Balaban J connectivity index is 2.30. The van der Waals surface area contributed by atoms with Crippen LogP contribution in [-0.4, -0.2) is 37.4 Å². The van der Waals surface area contributed by atoms with Crippen LogP contribution in [0.1, 0.15) is 18.9 Å². The summed E-state index contributed by atoms with van der Waals surface area (Å²) in [6.45, 7) is 3.74. The van der Waals surface area contributed by atoms with Gasteiger partial charge in [0.2, 0.25) is 0 Å². The highest BCUT2D eigenvalue weighted by molar-refractivity contribution is 5.92. The van der Waals surface area contributed by atoms with E-state index in [9.17, 15) is 0 Å². The number of hydrogen-bond acceptors (Lipinski definition) is 3. The largest absolute Gasteiger partial charge is 0.394 e. The van der Waals surface area contributed by atoms with Crippen LogP contribution in [0, 0.1) is 0 Å². The van der Waals surface area contributed by atoms with Crippen molar-refractivity contribution in [3.05, 3.63) is 29.8 Å². The number of rotatable bonds is 8. The van der Waals surface area contributed by atoms with Crippen LogP contribution in [0.5, 0.6) is 0 Å². The summed E-state index contributed by atoms with van der Waals surface area (Å²) in [7, 11) is 0. The monoisotopic (exact) mass is 265 g/mol. The highest BCUT2D eigenvalue weighted by Crippen LogP contribution is 2.10. The zero-order valence-corrected chi connectivity index (χ0v) is 11.4. The summed E-state index contributed by atoms with van der Waals surface area (Å²) in [4.78, 5) is 4.21. The number of anilines is 1. The number of aryl methyl sites for hydroxylation is 1. The van der Waals surface area contributed by atoms with Gasteiger partial charge in [0.1, 0.15) is 0 Å². The Morgan fingerprint density at radius 2 is 2.26 bits per heavy atom. The summed E-state index contributed by atoms with van der Waals surface area (Å²) >= 11 is 0. The number of aliphatic hydroxyl groups is 1. The molecule has 0 saturated carbocycles. The van der Waals surface area contributed by atoms with Crippen LogP contribution in [-0.2, 0) is 11.2 Å². The van der Waals surface area contributed by atoms with Gasteiger partial charge < -0.3 is 20.9 Å². The van der Waals surface area contributed by atoms with Crippen LogP contribution in [0.4, 0.5) is 5.69 Å². The van der Waals surface area contributed by atoms with E-state index >= 15 is 0 Å². The third-order valence-corrected chi connectivity index (χ3v) is 2.57. The molecule has 0 saturated heterocycles. The van der Waals surface area contributed by atoms with Gasteiger partial charge in [-0.25, -0.2) is 0 Å². The molecule has 5 heteroatoms. The Labute approximate surface area is 114 Å². The maximum atomic E-state index is 8.54. The zero-order chi connectivity index (χ0) is 13.9. The van der Waals surface area contributed by atoms with Gasteiger partial charge in [0.15, 0.2) is 5.96 Å². The van der Waals surface area contributed by atoms with Crippen LogP contribution < -0.4 is 11.1 Å². The van der Waals surface area contributed by atoms with E-state index in [1.807, 2.05) is 12.1 Å². The molecule has 4 N–H and O–H groups in total. The first kappa shape index (κ1) is 15.5. The first-order chi connectivity index (χ1) is 9.26. The Bertz CT molecular complexity index is 394. The van der Waals surface area contributed by atoms with Crippen molar-refractivity contribution < 1.29 is 9.84 Å². The average molecular weight is 265 g/mol. The molecule has 0 aliphatic rings. The first-order valence-electron chi connectivity index (χ1n) is 6.60. The third-order valence-electron chi connectivity index (χ3n) is 2.57. The topological polar surface area (TPSA) is 79.9 Å². The molecular formula is C14H23N3O2. The lowest BCUT2D eigenvalue weighted by atomic mass is 10.1. The SMILES string of the molecule is CCc1cccc(NC(N)=NCCCOCCO)c1. The zero-order valence-electron chi connectivity index (χ0n) is 11.4. The average Bonchev–Trinajstić information content (AvgIpc) is 2.43. The van der Waals surface area contributed by atoms with Crippen LogP contribution in [0.3, 0.4) is 0 Å². The van der Waals surface area contributed by atoms with Crippen molar-refractivity contribution in [3.8, 4) is 0 Å². The standard InChI is InChI=1S/C14H23N3O2/c1-2-12-5-3-6-13(11-12)17-14(15)16-7-4-9-19-10-8-18/h3,5-6,11,18H,2,4,7-10H2,1H3,(H3,15,16,17). The summed E-state index contributed by atoms with van der Waals surface area (Å²) < 4.78 is 5.13. The molecule has 0 radical (unpaired) electrons. The Kier molecular flexibility index (Phi) is 7.62. The molecule has 0 spiro atoms. The molecule has 0 aliphatic heterocycles. The Hall–Kier alpha value is -1.59. The molecule has 1 aromatic carbocycles. The first-order valence-corrected chi connectivity index (χ1v) is 6.60. The van der Waals surface area contributed by atoms with E-state index in [1.165, 1.54) is 5.56 Å². The van der Waals surface area contributed by atoms with Gasteiger partial charge in [0.25, 0.3) is 0 Å². The second-order valence-corrected chi connectivity index (χ2v) is 4.14. The van der Waals surface area contributed by atoms with Gasteiger partial charge in [0, 0.05) is 18.8 Å². The van der Waals surface area contributed by atoms with Gasteiger partial charge in [-0.15, -0.1) is 0 Å². The maximum Gasteiger partial charge on any atom is 0.193 e. The van der Waals surface area contributed by atoms with Gasteiger partial charge in [-0.1, -0.05) is 19.1 Å². The van der Waals surface area contributed by atoms with Gasteiger partial charge >= 0.3 is 0 Å². The van der Waals surface area contributed by atoms with E-state index in [0.29, 0.717) is 25.7 Å². The van der Waals surface area contributed by atoms with Crippen LogP contribution in [0.15, 0.2) is 29.3 Å². The fourth-order valence-electron chi connectivity index (χ4n) is 1.59. The van der Waals surface area contributed by atoms with Crippen molar-refractivity contribution >= 4 is 11.6 Å². The normalized spacial score (nSPS) is 11.6. The van der Waals surface area contributed by atoms with Crippen molar-refractivity contribution in [1.29, 1.82) is 0 Å². The predicted octanol–water partition coefficient (Wildman–Crippen LogP) is 1.37. The van der Waals surface area contributed by atoms with E-state index < -0.39 is 0 Å². The van der Waals surface area contributed by atoms with E-state index in [1.54, 1.807) is 0 Å². The van der Waals surface area contributed by atoms with Crippen LogP contribution in [0.25, 0.3) is 0 Å². The maximum absolute atomic E-state index is 8.54. The number of nitrogens with one attached hydrogen (secondary N) is 1. The highest BCUT2D eigenvalue weighted by atomic mass is 16.5. The van der Waals surface area contributed by atoms with Gasteiger partial charge in [-0.2, -0.15) is 0 Å². The molecule has 0 unspecified atom stereocenters. The Morgan fingerprint density at radius 3 is 3.00 bits per heavy atom. The number of hydrogen-bond donors (Lipinski definition) is 3. The van der Waals surface area contributed by atoms with E-state index in [-0.39, 0.29) is 6.61 Å². The summed E-state index contributed by atoms with van der Waals surface area (Å²) in [5.41, 5.74) is 8.01. The molecule has 19 heavy (non-hydrogen) atoms. The minimum Gasteiger partial charge on any atom is -0.394 e. The van der Waals surface area contributed by atoms with Crippen molar-refractivity contribution in [2.75, 3.05) is 31.7 Å². The smallest absolute Gasteiger partial charge is 0.193 e. The molecular weight excluding hydrogens is 242 g/mol. The predicted molar refractivity (Wildman–Crippen MR) is 78.5 cm³/mol. The van der Waals surface area contributed by atoms with E-state index in [4.69, 9.17) is 15.6 Å². The van der Waals surface area contributed by atoms with Crippen LogP contribution >= 0.6 is 0 Å². The summed E-state index contributed by atoms with van der Waals surface area (Å²) in [6.07, 6.45) is 1.78. The summed E-state index contributed by atoms with van der Waals surface area (Å²) in [5, 5.41) is 11.6. The molecule has 0 heterocycles. The molecule has 0 bridgehead atoms. The number of aliphatic hydroxyl groups excluding tert-OH is 1. The highest BCUT2D eigenvalue weighted by Gasteiger charge is 1.96. The molecule has 0 atom stereocenters. The number of nitrogens with two attached hydrogens (primary N) is 1. The molecule has 1 aromatic rings. The van der Waals surface area contributed by atoms with Gasteiger partial charge in [-0.3, -0.25) is 4.99 Å². The number of aliphatic imine (C=N–C) groups is 1. The molecule has 1 rings (SSSR count). The second kappa shape index (κ2) is 9.35. The summed E-state index contributed by atoms with van der Waals surface area (Å²) in [5.74, 6) is 0.412. The Morgan fingerprint density at radius 1 is 1.42 bits per heavy atom. The fourth-order valence-corrected chi connectivity index (χ4v) is 1.59. The molecule has 5 nitrogen and oxygen atoms in total. The molecule has 0 fully saturated rings. The number of guanidine groups is 1. The van der Waals surface area contributed by atoms with Crippen LogP contribution in [0.2, 0.25) is 0 Å². The summed E-state index contributed by atoms with van der Waals surface area (Å²) in [6, 6.07) is 8.10. The lowest BCUT2D eigenvalue weighted by Gasteiger charge is -2.07. The van der Waals surface area contributed by atoms with Crippen molar-refractivity contribution in [2.45, 2.75) is 19.8 Å². The second-order valence-electron chi connectivity index (χ2n) is 4.14. The third kappa shape index (κ3) is 6.79. The van der Waals surface area contributed by atoms with Crippen molar-refractivity contribution in [2.24, 2.45) is 10.7 Å². The lowest BCUT2D eigenvalue weighted by molar-refractivity contribution is 0.0918. The van der Waals surface area contributed by atoms with Gasteiger partial charge in [-0.05, 0) is 30.5 Å². The lowest BCUT2D eigenvalue weighted by Crippen LogP contribution is -2.23. The molecule has 0 aliphatic carbocycles. The molecule has 0 amide bonds. The number of ether oxygens (including phenoxy) is 1. The van der Waals surface area contributed by atoms with Gasteiger partial charge in [0.05, 0.1) is 13.2 Å². The quantitative estimate of drug-likeness (QED) is 0.377. The fraction of sp³-hybridized carbons (Fsp3) is 0.500. The number of benzene rings is 1. The van der Waals surface area contributed by atoms with E-state index in [0.717, 1.165) is 18.5 Å². The minimum atomic E-state index is 0.0563. The van der Waals surface area contributed by atoms with Crippen molar-refractivity contribution in [1.82, 2.24) is 0 Å². The number of nitrogens with zero attached hydrogens (tertiary/aromatic N) is 1. The molecule has 106 valence electrons. The van der Waals surface area contributed by atoms with Crippen molar-refractivity contribution in [3.63, 3.8) is 0 Å².